The summed E-state index contributed by atoms with van der Waals surface area (Å²) in [6.45, 7) is 6.41. The van der Waals surface area contributed by atoms with Gasteiger partial charge in [0.05, 0.1) is 12.5 Å². The van der Waals surface area contributed by atoms with Gasteiger partial charge in [-0.2, -0.15) is 0 Å². The first-order chi connectivity index (χ1) is 12.4. The van der Waals surface area contributed by atoms with Crippen LogP contribution in [-0.2, 0) is 19.1 Å². The molecule has 0 saturated carbocycles. The molecule has 0 aromatic heterocycles. The van der Waals surface area contributed by atoms with Crippen molar-refractivity contribution < 1.29 is 19.1 Å². The lowest BCUT2D eigenvalue weighted by Gasteiger charge is -2.31. The Hall–Kier alpha value is -2.63. The second kappa shape index (κ2) is 9.17. The number of likely N-dealkylation sites (tertiary alicyclic amines) is 1. The zero-order valence-electron chi connectivity index (χ0n) is 15.6. The second-order valence-electron chi connectivity index (χ2n) is 6.41. The maximum Gasteiger partial charge on any atom is 0.309 e. The molecule has 1 aromatic rings. The van der Waals surface area contributed by atoms with Crippen LogP contribution in [0.4, 0.5) is 0 Å². The number of ether oxygens (including phenoxy) is 1. The van der Waals surface area contributed by atoms with E-state index in [9.17, 15) is 14.4 Å². The van der Waals surface area contributed by atoms with Crippen LogP contribution in [0, 0.1) is 12.8 Å². The van der Waals surface area contributed by atoms with E-state index in [1.807, 2.05) is 31.2 Å². The molecule has 1 aliphatic heterocycles. The summed E-state index contributed by atoms with van der Waals surface area (Å²) in [5.74, 6) is -0.883. The van der Waals surface area contributed by atoms with Gasteiger partial charge in [-0.1, -0.05) is 24.3 Å². The molecular formula is C20H26N2O4. The van der Waals surface area contributed by atoms with Gasteiger partial charge in [-0.25, -0.2) is 0 Å². The highest BCUT2D eigenvalue weighted by Gasteiger charge is 2.29. The van der Waals surface area contributed by atoms with Gasteiger partial charge in [0.25, 0.3) is 5.91 Å². The Labute approximate surface area is 154 Å². The summed E-state index contributed by atoms with van der Waals surface area (Å²) in [6.07, 6.45) is 2.85. The fourth-order valence-corrected chi connectivity index (χ4v) is 2.99. The molecule has 1 N–H and O–H groups in total. The van der Waals surface area contributed by atoms with Crippen molar-refractivity contribution in [1.29, 1.82) is 0 Å². The fourth-order valence-electron chi connectivity index (χ4n) is 2.99. The number of carbonyl (C=O) groups excluding carboxylic acids is 3. The third kappa shape index (κ3) is 5.18. The number of benzene rings is 1. The molecule has 1 aliphatic rings. The summed E-state index contributed by atoms with van der Waals surface area (Å²) in [4.78, 5) is 37.9. The molecule has 1 heterocycles. The van der Waals surface area contributed by atoms with Gasteiger partial charge in [0, 0.05) is 20.0 Å². The Morgan fingerprint density at radius 2 is 1.88 bits per heavy atom. The lowest BCUT2D eigenvalue weighted by atomic mass is 9.96. The van der Waals surface area contributed by atoms with Gasteiger partial charge in [0.1, 0.15) is 5.70 Å². The Kier molecular flexibility index (Phi) is 6.95. The van der Waals surface area contributed by atoms with Gasteiger partial charge in [-0.15, -0.1) is 0 Å². The average Bonchev–Trinajstić information content (AvgIpc) is 2.62. The van der Waals surface area contributed by atoms with E-state index >= 15 is 0 Å². The number of hydrogen-bond donors (Lipinski definition) is 1. The Morgan fingerprint density at radius 3 is 2.46 bits per heavy atom. The van der Waals surface area contributed by atoms with Gasteiger partial charge < -0.3 is 15.0 Å². The molecule has 1 saturated heterocycles. The molecule has 1 fully saturated rings. The fraction of sp³-hybridized carbons (Fsp3) is 0.450. The molecule has 6 nitrogen and oxygen atoms in total. The first kappa shape index (κ1) is 19.7. The minimum atomic E-state index is -0.292. The van der Waals surface area contributed by atoms with Crippen LogP contribution in [0.15, 0.2) is 30.0 Å². The molecule has 0 unspecified atom stereocenters. The summed E-state index contributed by atoms with van der Waals surface area (Å²) < 4.78 is 5.06. The smallest absolute Gasteiger partial charge is 0.309 e. The van der Waals surface area contributed by atoms with E-state index in [-0.39, 0.29) is 29.4 Å². The predicted octanol–water partition coefficient (Wildman–Crippen LogP) is 2.27. The van der Waals surface area contributed by atoms with Crippen LogP contribution in [0.25, 0.3) is 6.08 Å². The number of hydrogen-bond acceptors (Lipinski definition) is 4. The zero-order valence-corrected chi connectivity index (χ0v) is 15.6. The van der Waals surface area contributed by atoms with Crippen LogP contribution in [0.3, 0.4) is 0 Å². The van der Waals surface area contributed by atoms with Crippen molar-refractivity contribution in [1.82, 2.24) is 10.2 Å². The molecule has 2 rings (SSSR count). The molecule has 0 aliphatic carbocycles. The number of esters is 1. The minimum absolute atomic E-state index is 0.163. The third-order valence-electron chi connectivity index (χ3n) is 4.43. The van der Waals surface area contributed by atoms with Gasteiger partial charge >= 0.3 is 5.97 Å². The second-order valence-corrected chi connectivity index (χ2v) is 6.41. The van der Waals surface area contributed by atoms with Crippen LogP contribution in [-0.4, -0.2) is 42.4 Å². The van der Waals surface area contributed by atoms with Crippen molar-refractivity contribution in [2.75, 3.05) is 19.7 Å². The van der Waals surface area contributed by atoms with Crippen LogP contribution in [0.2, 0.25) is 0 Å². The van der Waals surface area contributed by atoms with Crippen LogP contribution >= 0.6 is 0 Å². The highest BCUT2D eigenvalue weighted by atomic mass is 16.5. The van der Waals surface area contributed by atoms with Crippen molar-refractivity contribution in [3.8, 4) is 0 Å². The molecule has 1 aromatic carbocycles. The molecule has 0 bridgehead atoms. The Balaban J connectivity index is 2.12. The number of nitrogens with zero attached hydrogens (tertiary/aromatic N) is 1. The first-order valence-corrected chi connectivity index (χ1v) is 8.93. The Bertz CT molecular complexity index is 704. The van der Waals surface area contributed by atoms with Crippen molar-refractivity contribution in [2.24, 2.45) is 5.92 Å². The number of rotatable bonds is 5. The molecular weight excluding hydrogens is 332 g/mol. The standard InChI is InChI=1S/C20H26N2O4/c1-4-26-20(25)16-9-11-22(12-10-16)19(24)18(21-15(3)23)13-17-8-6-5-7-14(17)2/h5-8,13,16H,4,9-12H2,1-3H3,(H,21,23)/b18-13-. The van der Waals surface area contributed by atoms with Gasteiger partial charge in [0.2, 0.25) is 5.91 Å². The zero-order chi connectivity index (χ0) is 19.1. The first-order valence-electron chi connectivity index (χ1n) is 8.93. The van der Waals surface area contributed by atoms with E-state index in [0.29, 0.717) is 32.5 Å². The maximum absolute atomic E-state index is 12.9. The molecule has 2 amide bonds. The third-order valence-corrected chi connectivity index (χ3v) is 4.43. The summed E-state index contributed by atoms with van der Waals surface area (Å²) in [5.41, 5.74) is 2.15. The van der Waals surface area contributed by atoms with E-state index in [1.54, 1.807) is 17.9 Å². The van der Waals surface area contributed by atoms with Crippen molar-refractivity contribution in [2.45, 2.75) is 33.6 Å². The normalized spacial score (nSPS) is 15.5. The largest absolute Gasteiger partial charge is 0.466 e. The monoisotopic (exact) mass is 358 g/mol. The van der Waals surface area contributed by atoms with E-state index < -0.39 is 0 Å². The highest BCUT2D eigenvalue weighted by Crippen LogP contribution is 2.21. The van der Waals surface area contributed by atoms with Crippen molar-refractivity contribution in [3.63, 3.8) is 0 Å². The molecule has 0 spiro atoms. The van der Waals surface area contributed by atoms with Gasteiger partial charge in [0.15, 0.2) is 0 Å². The SMILES string of the molecule is CCOC(=O)C1CCN(C(=O)/C(=C/c2ccccc2C)NC(C)=O)CC1. The van der Waals surface area contributed by atoms with Gasteiger partial charge in [-0.05, 0) is 43.9 Å². The molecule has 6 heteroatoms. The number of aryl methyl sites for hydroxylation is 1. The van der Waals surface area contributed by atoms with Crippen LogP contribution < -0.4 is 5.32 Å². The summed E-state index contributed by atoms with van der Waals surface area (Å²) in [7, 11) is 0. The molecule has 0 radical (unpaired) electrons. The van der Waals surface area contributed by atoms with Crippen molar-refractivity contribution >= 4 is 23.9 Å². The van der Waals surface area contributed by atoms with Crippen LogP contribution in [0.1, 0.15) is 37.8 Å². The Morgan fingerprint density at radius 1 is 1.23 bits per heavy atom. The molecule has 140 valence electrons. The summed E-state index contributed by atoms with van der Waals surface area (Å²) in [6, 6.07) is 7.66. The summed E-state index contributed by atoms with van der Waals surface area (Å²) in [5, 5.41) is 2.65. The molecule has 0 atom stereocenters. The topological polar surface area (TPSA) is 75.7 Å². The van der Waals surface area contributed by atoms with E-state index in [4.69, 9.17) is 4.74 Å². The minimum Gasteiger partial charge on any atom is -0.466 e. The average molecular weight is 358 g/mol. The number of amides is 2. The maximum atomic E-state index is 12.9. The summed E-state index contributed by atoms with van der Waals surface area (Å²) >= 11 is 0. The number of carbonyl (C=O) groups is 3. The predicted molar refractivity (Wildman–Crippen MR) is 98.9 cm³/mol. The van der Waals surface area contributed by atoms with E-state index in [1.165, 1.54) is 6.92 Å². The quantitative estimate of drug-likeness (QED) is 0.647. The number of piperidine rings is 1. The lowest BCUT2D eigenvalue weighted by Crippen LogP contribution is -2.43. The van der Waals surface area contributed by atoms with E-state index in [0.717, 1.165) is 11.1 Å². The lowest BCUT2D eigenvalue weighted by molar-refractivity contribution is -0.150. The number of nitrogens with one attached hydrogen (secondary N) is 1. The highest BCUT2D eigenvalue weighted by molar-refractivity contribution is 6.01. The molecule has 26 heavy (non-hydrogen) atoms. The van der Waals surface area contributed by atoms with Crippen molar-refractivity contribution in [3.05, 3.63) is 41.1 Å². The van der Waals surface area contributed by atoms with Gasteiger partial charge in [-0.3, -0.25) is 14.4 Å². The van der Waals surface area contributed by atoms with E-state index in [2.05, 4.69) is 5.32 Å². The van der Waals surface area contributed by atoms with Crippen LogP contribution in [0.5, 0.6) is 0 Å².